The van der Waals surface area contributed by atoms with Crippen molar-refractivity contribution < 1.29 is 14.3 Å². The van der Waals surface area contributed by atoms with Crippen molar-refractivity contribution in [2.75, 3.05) is 33.0 Å². The van der Waals surface area contributed by atoms with Crippen molar-refractivity contribution in [2.24, 2.45) is 11.7 Å². The number of carbonyl (C=O) groups is 1. The summed E-state index contributed by atoms with van der Waals surface area (Å²) in [6, 6.07) is 7.48. The van der Waals surface area contributed by atoms with Crippen molar-refractivity contribution in [1.82, 2.24) is 9.80 Å². The summed E-state index contributed by atoms with van der Waals surface area (Å²) in [6.07, 6.45) is 3.01. The molecule has 0 unspecified atom stereocenters. The van der Waals surface area contributed by atoms with E-state index in [1.807, 2.05) is 6.07 Å². The Morgan fingerprint density at radius 2 is 1.96 bits per heavy atom. The molecule has 2 bridgehead atoms. The molecule has 5 aliphatic heterocycles. The van der Waals surface area contributed by atoms with E-state index in [9.17, 15) is 4.79 Å². The number of rotatable bonds is 4. The molecule has 2 N–H and O–H groups in total. The molecular formula is C19H25N3O3. The molecule has 6 heteroatoms. The Kier molecular flexibility index (Phi) is 3.64. The van der Waals surface area contributed by atoms with Gasteiger partial charge in [-0.25, -0.2) is 0 Å². The monoisotopic (exact) mass is 343 g/mol. The van der Waals surface area contributed by atoms with Crippen LogP contribution >= 0.6 is 0 Å². The van der Waals surface area contributed by atoms with Crippen LogP contribution in [-0.2, 0) is 4.79 Å². The molecule has 1 amide bonds. The van der Waals surface area contributed by atoms with Crippen LogP contribution in [0.25, 0.3) is 0 Å². The summed E-state index contributed by atoms with van der Waals surface area (Å²) >= 11 is 0. The van der Waals surface area contributed by atoms with Crippen molar-refractivity contribution in [3.63, 3.8) is 0 Å². The van der Waals surface area contributed by atoms with Gasteiger partial charge < -0.3 is 15.2 Å². The van der Waals surface area contributed by atoms with E-state index >= 15 is 0 Å². The number of carbonyl (C=O) groups excluding carboxylic acids is 1. The summed E-state index contributed by atoms with van der Waals surface area (Å²) in [6.45, 7) is 4.50. The fourth-order valence-corrected chi connectivity index (χ4v) is 5.48. The number of hydrogen-bond acceptors (Lipinski definition) is 5. The van der Waals surface area contributed by atoms with E-state index in [0.717, 1.165) is 30.5 Å². The van der Waals surface area contributed by atoms with E-state index < -0.39 is 0 Å². The molecule has 25 heavy (non-hydrogen) atoms. The van der Waals surface area contributed by atoms with Crippen LogP contribution in [-0.4, -0.2) is 60.8 Å². The lowest BCUT2D eigenvalue weighted by atomic mass is 9.75. The van der Waals surface area contributed by atoms with Crippen molar-refractivity contribution in [1.29, 1.82) is 0 Å². The first-order valence-corrected chi connectivity index (χ1v) is 9.36. The van der Waals surface area contributed by atoms with Gasteiger partial charge in [0.05, 0.1) is 0 Å². The third kappa shape index (κ3) is 2.50. The van der Waals surface area contributed by atoms with Gasteiger partial charge in [0, 0.05) is 37.5 Å². The Morgan fingerprint density at radius 3 is 2.76 bits per heavy atom. The molecule has 0 aliphatic carbocycles. The highest BCUT2D eigenvalue weighted by Gasteiger charge is 2.53. The maximum Gasteiger partial charge on any atom is 0.231 e. The van der Waals surface area contributed by atoms with Gasteiger partial charge in [-0.05, 0) is 49.5 Å². The molecule has 5 aliphatic rings. The second-order valence-corrected chi connectivity index (χ2v) is 7.79. The third-order valence-corrected chi connectivity index (χ3v) is 6.56. The summed E-state index contributed by atoms with van der Waals surface area (Å²) in [5, 5.41) is 0. The minimum absolute atomic E-state index is 0.204. The molecule has 1 aromatic rings. The van der Waals surface area contributed by atoms with Gasteiger partial charge in [-0.3, -0.25) is 14.6 Å². The highest BCUT2D eigenvalue weighted by atomic mass is 16.7. The fourth-order valence-electron chi connectivity index (χ4n) is 5.48. The summed E-state index contributed by atoms with van der Waals surface area (Å²) in [5.74, 6) is 2.71. The minimum Gasteiger partial charge on any atom is -0.454 e. The fraction of sp³-hybridized carbons (Fsp3) is 0.632. The lowest BCUT2D eigenvalue weighted by molar-refractivity contribution is -0.118. The van der Waals surface area contributed by atoms with Gasteiger partial charge >= 0.3 is 0 Å². The van der Waals surface area contributed by atoms with Gasteiger partial charge in [-0.2, -0.15) is 0 Å². The minimum atomic E-state index is -0.204. The van der Waals surface area contributed by atoms with Gasteiger partial charge in [0.15, 0.2) is 11.5 Å². The number of likely N-dealkylation sites (tertiary alicyclic amines) is 1. The molecule has 4 fully saturated rings. The van der Waals surface area contributed by atoms with E-state index in [1.165, 1.54) is 31.5 Å². The summed E-state index contributed by atoms with van der Waals surface area (Å²) < 4.78 is 11.1. The van der Waals surface area contributed by atoms with Gasteiger partial charge in [-0.15, -0.1) is 0 Å². The highest BCUT2D eigenvalue weighted by molar-refractivity contribution is 5.73. The summed E-state index contributed by atoms with van der Waals surface area (Å²) in [7, 11) is 0. The Hall–Kier alpha value is -1.79. The number of nitrogens with two attached hydrogens (primary N) is 1. The first-order chi connectivity index (χ1) is 12.2. The maximum absolute atomic E-state index is 11.3. The molecule has 134 valence electrons. The van der Waals surface area contributed by atoms with Crippen LogP contribution in [0.5, 0.6) is 11.5 Å². The van der Waals surface area contributed by atoms with Crippen LogP contribution in [0.4, 0.5) is 0 Å². The molecule has 0 radical (unpaired) electrons. The topological polar surface area (TPSA) is 68.0 Å². The maximum atomic E-state index is 11.3. The van der Waals surface area contributed by atoms with Gasteiger partial charge in [0.25, 0.3) is 0 Å². The molecule has 5 heterocycles. The molecule has 0 spiro atoms. The third-order valence-electron chi connectivity index (χ3n) is 6.56. The highest BCUT2D eigenvalue weighted by Crippen LogP contribution is 2.47. The SMILES string of the molecule is NC(=O)CCN1C[C@H](c2ccc3c(c2)OCO3)[C@H]2[C@@H]1C1CCN2CC1. The Labute approximate surface area is 147 Å². The molecule has 6 rings (SSSR count). The van der Waals surface area contributed by atoms with Crippen molar-refractivity contribution in [3.8, 4) is 11.5 Å². The largest absolute Gasteiger partial charge is 0.454 e. The number of fused-ring (bicyclic) bond motifs is 3. The molecule has 6 nitrogen and oxygen atoms in total. The van der Waals surface area contributed by atoms with Gasteiger partial charge in [0.2, 0.25) is 12.7 Å². The Bertz CT molecular complexity index is 686. The van der Waals surface area contributed by atoms with E-state index in [-0.39, 0.29) is 5.91 Å². The molecule has 1 aromatic carbocycles. The average Bonchev–Trinajstić information content (AvgIpc) is 3.26. The van der Waals surface area contributed by atoms with Crippen LogP contribution in [0.2, 0.25) is 0 Å². The second-order valence-electron chi connectivity index (χ2n) is 7.79. The Morgan fingerprint density at radius 1 is 1.16 bits per heavy atom. The summed E-state index contributed by atoms with van der Waals surface area (Å²) in [4.78, 5) is 16.5. The number of hydrogen-bond donors (Lipinski definition) is 1. The Balaban J connectivity index is 1.46. The van der Waals surface area contributed by atoms with E-state index in [1.54, 1.807) is 0 Å². The molecule has 4 saturated heterocycles. The van der Waals surface area contributed by atoms with Crippen LogP contribution in [0.15, 0.2) is 18.2 Å². The number of primary amides is 1. The van der Waals surface area contributed by atoms with E-state index in [0.29, 0.717) is 31.2 Å². The van der Waals surface area contributed by atoms with Gasteiger partial charge in [-0.1, -0.05) is 6.07 Å². The number of benzene rings is 1. The first-order valence-electron chi connectivity index (χ1n) is 9.36. The first kappa shape index (κ1) is 15.5. The van der Waals surface area contributed by atoms with Crippen LogP contribution in [0.1, 0.15) is 30.7 Å². The lowest BCUT2D eigenvalue weighted by Crippen LogP contribution is -2.60. The van der Waals surface area contributed by atoms with Crippen LogP contribution in [0, 0.1) is 5.92 Å². The number of ether oxygens (including phenoxy) is 2. The number of amides is 1. The standard InChI is InChI=1S/C19H25N3O3/c20-17(23)5-8-22-10-14(13-1-2-15-16(9-13)25-11-24-15)19-18(22)12-3-6-21(19)7-4-12/h1-2,9,12,14,18-19H,3-8,10-11H2,(H2,20,23)/t14-,18+,19+/m1/s1. The van der Waals surface area contributed by atoms with E-state index in [2.05, 4.69) is 21.9 Å². The zero-order chi connectivity index (χ0) is 17.0. The molecule has 0 saturated carbocycles. The predicted octanol–water partition coefficient (Wildman–Crippen LogP) is 1.15. The lowest BCUT2D eigenvalue weighted by Gasteiger charge is -2.51. The van der Waals surface area contributed by atoms with Crippen LogP contribution in [0.3, 0.4) is 0 Å². The normalized spacial score (nSPS) is 35.8. The number of nitrogens with zero attached hydrogens (tertiary/aromatic N) is 2. The predicted molar refractivity (Wildman–Crippen MR) is 92.6 cm³/mol. The smallest absolute Gasteiger partial charge is 0.231 e. The van der Waals surface area contributed by atoms with Crippen molar-refractivity contribution in [2.45, 2.75) is 37.3 Å². The van der Waals surface area contributed by atoms with Crippen LogP contribution < -0.4 is 15.2 Å². The van der Waals surface area contributed by atoms with Crippen molar-refractivity contribution >= 4 is 5.91 Å². The number of piperidine rings is 3. The molecular weight excluding hydrogens is 318 g/mol. The molecule has 3 atom stereocenters. The zero-order valence-corrected chi connectivity index (χ0v) is 14.4. The quantitative estimate of drug-likeness (QED) is 0.888. The second kappa shape index (κ2) is 5.88. The van der Waals surface area contributed by atoms with E-state index in [4.69, 9.17) is 15.2 Å². The average molecular weight is 343 g/mol. The zero-order valence-electron chi connectivity index (χ0n) is 14.4. The summed E-state index contributed by atoms with van der Waals surface area (Å²) in [5.41, 5.74) is 6.74. The van der Waals surface area contributed by atoms with Gasteiger partial charge in [0.1, 0.15) is 0 Å². The van der Waals surface area contributed by atoms with Crippen molar-refractivity contribution in [3.05, 3.63) is 23.8 Å². The molecule has 0 aromatic heterocycles.